The highest BCUT2D eigenvalue weighted by Crippen LogP contribution is 2.28. The predicted octanol–water partition coefficient (Wildman–Crippen LogP) is 3.12. The van der Waals surface area contributed by atoms with E-state index in [2.05, 4.69) is 29.8 Å². The minimum atomic E-state index is -0.0900. The maximum absolute atomic E-state index is 12.4. The zero-order valence-electron chi connectivity index (χ0n) is 10.4. The predicted molar refractivity (Wildman–Crippen MR) is 78.2 cm³/mol. The van der Waals surface area contributed by atoms with Gasteiger partial charge in [-0.3, -0.25) is 4.79 Å². The zero-order valence-corrected chi connectivity index (χ0v) is 12.8. The van der Waals surface area contributed by atoms with Crippen molar-refractivity contribution in [2.45, 2.75) is 24.3 Å². The van der Waals surface area contributed by atoms with Crippen molar-refractivity contribution in [3.8, 4) is 5.75 Å². The Morgan fingerprint density at radius 2 is 2.00 bits per heavy atom. The Kier molecular flexibility index (Phi) is 4.22. The van der Waals surface area contributed by atoms with Gasteiger partial charge in [-0.2, -0.15) is 11.8 Å². The fourth-order valence-electron chi connectivity index (χ4n) is 2.19. The Hall–Kier alpha value is -0.680. The van der Waals surface area contributed by atoms with Crippen molar-refractivity contribution < 1.29 is 9.90 Å². The van der Waals surface area contributed by atoms with Crippen molar-refractivity contribution >= 4 is 33.6 Å². The van der Waals surface area contributed by atoms with Gasteiger partial charge in [0.2, 0.25) is 0 Å². The molecule has 1 heterocycles. The fourth-order valence-corrected chi connectivity index (χ4v) is 3.88. The van der Waals surface area contributed by atoms with Crippen LogP contribution in [0.5, 0.6) is 5.75 Å². The van der Waals surface area contributed by atoms with Crippen molar-refractivity contribution in [2.24, 2.45) is 0 Å². The molecular formula is C13H16BrNO2S. The third kappa shape index (κ3) is 3.01. The molecule has 1 aliphatic heterocycles. The third-order valence-electron chi connectivity index (χ3n) is 2.90. The van der Waals surface area contributed by atoms with Gasteiger partial charge < -0.3 is 10.0 Å². The lowest BCUT2D eigenvalue weighted by Crippen LogP contribution is -2.44. The lowest BCUT2D eigenvalue weighted by molar-refractivity contribution is 0.0750. The average Bonchev–Trinajstić information content (AvgIpc) is 2.30. The highest BCUT2D eigenvalue weighted by Gasteiger charge is 2.27. The lowest BCUT2D eigenvalue weighted by Gasteiger charge is -2.34. The van der Waals surface area contributed by atoms with Gasteiger partial charge in [-0.15, -0.1) is 0 Å². The van der Waals surface area contributed by atoms with E-state index in [4.69, 9.17) is 0 Å². The zero-order chi connectivity index (χ0) is 13.3. The summed E-state index contributed by atoms with van der Waals surface area (Å²) in [6.07, 6.45) is 0. The normalized spacial score (nSPS) is 24.1. The standard InChI is InChI=1S/C13H16BrNO2S/c1-8-6-15(7-9(2)18-8)13(17)11-5-10(14)3-4-12(11)16/h3-5,8-9,16H,6-7H2,1-2H3. The van der Waals surface area contributed by atoms with E-state index in [1.54, 1.807) is 18.2 Å². The van der Waals surface area contributed by atoms with E-state index in [0.29, 0.717) is 16.1 Å². The molecule has 1 aliphatic rings. The molecular weight excluding hydrogens is 314 g/mol. The van der Waals surface area contributed by atoms with Crippen LogP contribution in [0.25, 0.3) is 0 Å². The van der Waals surface area contributed by atoms with Gasteiger partial charge in [0.25, 0.3) is 5.91 Å². The first kappa shape index (κ1) is 13.7. The Morgan fingerprint density at radius 3 is 2.61 bits per heavy atom. The first-order valence-corrected chi connectivity index (χ1v) is 7.64. The fraction of sp³-hybridized carbons (Fsp3) is 0.462. The molecule has 1 amide bonds. The minimum Gasteiger partial charge on any atom is -0.507 e. The third-order valence-corrected chi connectivity index (χ3v) is 4.62. The van der Waals surface area contributed by atoms with Crippen LogP contribution in [-0.4, -0.2) is 39.5 Å². The van der Waals surface area contributed by atoms with Crippen molar-refractivity contribution in [3.63, 3.8) is 0 Å². The van der Waals surface area contributed by atoms with Gasteiger partial charge in [-0.1, -0.05) is 29.8 Å². The number of amides is 1. The summed E-state index contributed by atoms with van der Waals surface area (Å²) >= 11 is 5.23. The summed E-state index contributed by atoms with van der Waals surface area (Å²) in [6, 6.07) is 4.95. The number of thioether (sulfide) groups is 1. The molecule has 2 rings (SSSR count). The molecule has 0 bridgehead atoms. The van der Waals surface area contributed by atoms with Gasteiger partial charge in [0, 0.05) is 28.1 Å². The topological polar surface area (TPSA) is 40.5 Å². The molecule has 18 heavy (non-hydrogen) atoms. The minimum absolute atomic E-state index is 0.0433. The van der Waals surface area contributed by atoms with Gasteiger partial charge in [0.05, 0.1) is 5.56 Å². The van der Waals surface area contributed by atoms with Gasteiger partial charge in [0.1, 0.15) is 5.75 Å². The van der Waals surface area contributed by atoms with Crippen LogP contribution < -0.4 is 0 Å². The second-order valence-corrected chi connectivity index (χ2v) is 7.43. The Morgan fingerprint density at radius 1 is 1.39 bits per heavy atom. The van der Waals surface area contributed by atoms with Crippen molar-refractivity contribution in [1.29, 1.82) is 0 Å². The first-order chi connectivity index (χ1) is 8.47. The van der Waals surface area contributed by atoms with E-state index in [0.717, 1.165) is 17.6 Å². The SMILES string of the molecule is CC1CN(C(=O)c2cc(Br)ccc2O)CC(C)S1. The Balaban J connectivity index is 2.22. The molecule has 1 aromatic rings. The van der Waals surface area contributed by atoms with Crippen LogP contribution in [0, 0.1) is 0 Å². The van der Waals surface area contributed by atoms with E-state index in [9.17, 15) is 9.90 Å². The number of hydrogen-bond donors (Lipinski definition) is 1. The molecule has 0 spiro atoms. The van der Waals surface area contributed by atoms with E-state index < -0.39 is 0 Å². The second-order valence-electron chi connectivity index (χ2n) is 4.63. The smallest absolute Gasteiger partial charge is 0.257 e. The summed E-state index contributed by atoms with van der Waals surface area (Å²) in [7, 11) is 0. The Bertz CT molecular complexity index is 456. The number of rotatable bonds is 1. The molecule has 2 atom stereocenters. The molecule has 1 aromatic carbocycles. The van der Waals surface area contributed by atoms with E-state index >= 15 is 0 Å². The van der Waals surface area contributed by atoms with Gasteiger partial charge in [0.15, 0.2) is 0 Å². The number of benzene rings is 1. The lowest BCUT2D eigenvalue weighted by atomic mass is 10.1. The molecule has 1 fully saturated rings. The van der Waals surface area contributed by atoms with E-state index in [1.165, 1.54) is 0 Å². The number of aromatic hydroxyl groups is 1. The number of nitrogens with zero attached hydrogens (tertiary/aromatic N) is 1. The Labute approximate surface area is 120 Å². The molecule has 5 heteroatoms. The van der Waals surface area contributed by atoms with Gasteiger partial charge in [-0.05, 0) is 18.2 Å². The van der Waals surface area contributed by atoms with Crippen LogP contribution in [0.3, 0.4) is 0 Å². The molecule has 1 N–H and O–H groups in total. The molecule has 0 aromatic heterocycles. The molecule has 0 saturated carbocycles. The highest BCUT2D eigenvalue weighted by molar-refractivity contribution is 9.10. The quantitative estimate of drug-likeness (QED) is 0.860. The van der Waals surface area contributed by atoms with Crippen LogP contribution in [0.4, 0.5) is 0 Å². The van der Waals surface area contributed by atoms with Gasteiger partial charge in [-0.25, -0.2) is 0 Å². The van der Waals surface area contributed by atoms with Crippen LogP contribution in [0.2, 0.25) is 0 Å². The van der Waals surface area contributed by atoms with Crippen LogP contribution in [0.15, 0.2) is 22.7 Å². The van der Waals surface area contributed by atoms with E-state index in [-0.39, 0.29) is 11.7 Å². The first-order valence-electron chi connectivity index (χ1n) is 5.90. The maximum atomic E-state index is 12.4. The van der Waals surface area contributed by atoms with Crippen LogP contribution in [0.1, 0.15) is 24.2 Å². The molecule has 98 valence electrons. The van der Waals surface area contributed by atoms with E-state index in [1.807, 2.05) is 16.7 Å². The van der Waals surface area contributed by atoms with Crippen molar-refractivity contribution in [2.75, 3.05) is 13.1 Å². The monoisotopic (exact) mass is 329 g/mol. The molecule has 1 saturated heterocycles. The van der Waals surface area contributed by atoms with Gasteiger partial charge >= 0.3 is 0 Å². The van der Waals surface area contributed by atoms with Crippen LogP contribution in [-0.2, 0) is 0 Å². The molecule has 2 unspecified atom stereocenters. The number of carbonyl (C=O) groups excluding carboxylic acids is 1. The highest BCUT2D eigenvalue weighted by atomic mass is 79.9. The number of phenolic OH excluding ortho intramolecular Hbond substituents is 1. The summed E-state index contributed by atoms with van der Waals surface area (Å²) in [5.41, 5.74) is 0.371. The van der Waals surface area contributed by atoms with Crippen molar-refractivity contribution in [3.05, 3.63) is 28.2 Å². The number of halogens is 1. The summed E-state index contributed by atoms with van der Waals surface area (Å²) in [4.78, 5) is 14.2. The summed E-state index contributed by atoms with van der Waals surface area (Å²) in [5, 5.41) is 10.7. The molecule has 0 aliphatic carbocycles. The summed E-state index contributed by atoms with van der Waals surface area (Å²) < 4.78 is 0.802. The van der Waals surface area contributed by atoms with Crippen molar-refractivity contribution in [1.82, 2.24) is 4.90 Å². The largest absolute Gasteiger partial charge is 0.507 e. The number of phenols is 1. The second kappa shape index (κ2) is 5.53. The number of carbonyl (C=O) groups is 1. The average molecular weight is 330 g/mol. The molecule has 0 radical (unpaired) electrons. The summed E-state index contributed by atoms with van der Waals surface area (Å²) in [5.74, 6) is -0.0467. The summed E-state index contributed by atoms with van der Waals surface area (Å²) in [6.45, 7) is 5.72. The number of hydrogen-bond acceptors (Lipinski definition) is 3. The molecule has 3 nitrogen and oxygen atoms in total. The maximum Gasteiger partial charge on any atom is 0.257 e. The van der Waals surface area contributed by atoms with Crippen LogP contribution >= 0.6 is 27.7 Å².